The first-order chi connectivity index (χ1) is 12.9. The van der Waals surface area contributed by atoms with Gasteiger partial charge in [-0.2, -0.15) is 0 Å². The zero-order chi connectivity index (χ0) is 19.8. The summed E-state index contributed by atoms with van der Waals surface area (Å²) in [5, 5.41) is 9.02. The highest BCUT2D eigenvalue weighted by Gasteiger charge is 2.27. The predicted octanol–water partition coefficient (Wildman–Crippen LogP) is 2.66. The number of likely N-dealkylation sites (tertiary alicyclic amines) is 1. The summed E-state index contributed by atoms with van der Waals surface area (Å²) in [6.07, 6.45) is 2.05. The van der Waals surface area contributed by atoms with Crippen LogP contribution >= 0.6 is 0 Å². The molecule has 1 aromatic rings. The van der Waals surface area contributed by atoms with Crippen LogP contribution in [0.5, 0.6) is 5.75 Å². The topological polar surface area (TPSA) is 70.1 Å². The quantitative estimate of drug-likeness (QED) is 0.717. The second-order valence-electron chi connectivity index (χ2n) is 7.59. The Balaban J connectivity index is 1.81. The molecule has 1 aliphatic heterocycles. The van der Waals surface area contributed by atoms with Crippen molar-refractivity contribution in [2.24, 2.45) is 5.92 Å². The van der Waals surface area contributed by atoms with Gasteiger partial charge in [0.15, 0.2) is 0 Å². The summed E-state index contributed by atoms with van der Waals surface area (Å²) < 4.78 is 5.67. The van der Waals surface area contributed by atoms with Crippen molar-refractivity contribution in [1.82, 2.24) is 9.80 Å². The van der Waals surface area contributed by atoms with E-state index in [-0.39, 0.29) is 18.5 Å². The minimum absolute atomic E-state index is 0.0698. The number of rotatable bonds is 9. The first-order valence-electron chi connectivity index (χ1n) is 9.84. The molecule has 0 bridgehead atoms. The largest absolute Gasteiger partial charge is 0.493 e. The molecule has 2 rings (SSSR count). The van der Waals surface area contributed by atoms with E-state index in [1.54, 1.807) is 0 Å². The van der Waals surface area contributed by atoms with Gasteiger partial charge in [-0.15, -0.1) is 0 Å². The summed E-state index contributed by atoms with van der Waals surface area (Å²) in [7, 11) is 0. The van der Waals surface area contributed by atoms with Gasteiger partial charge in [0.05, 0.1) is 19.6 Å². The minimum atomic E-state index is -0.795. The predicted molar refractivity (Wildman–Crippen MR) is 105 cm³/mol. The number of carbonyl (C=O) groups is 2. The Kier molecular flexibility index (Phi) is 8.10. The molecule has 1 saturated heterocycles. The van der Waals surface area contributed by atoms with Crippen LogP contribution in [0.25, 0.3) is 0 Å². The Morgan fingerprint density at radius 2 is 1.85 bits per heavy atom. The molecule has 0 saturated carbocycles. The van der Waals surface area contributed by atoms with E-state index in [1.165, 1.54) is 0 Å². The fraction of sp³-hybridized carbons (Fsp3) is 0.619. The summed E-state index contributed by atoms with van der Waals surface area (Å²) in [6, 6.07) is 7.98. The van der Waals surface area contributed by atoms with Gasteiger partial charge in [0.1, 0.15) is 5.75 Å². The molecular weight excluding hydrogens is 344 g/mol. The van der Waals surface area contributed by atoms with E-state index >= 15 is 0 Å². The van der Waals surface area contributed by atoms with Crippen molar-refractivity contribution >= 4 is 11.9 Å². The van der Waals surface area contributed by atoms with Crippen molar-refractivity contribution in [2.75, 3.05) is 32.8 Å². The molecule has 1 fully saturated rings. The molecule has 6 heteroatoms. The van der Waals surface area contributed by atoms with Crippen molar-refractivity contribution in [3.63, 3.8) is 0 Å². The highest BCUT2D eigenvalue weighted by Crippen LogP contribution is 2.18. The van der Waals surface area contributed by atoms with Crippen LogP contribution in [0, 0.1) is 5.92 Å². The number of nitrogens with zero attached hydrogens (tertiary/aromatic N) is 2. The number of carboxylic acids is 1. The van der Waals surface area contributed by atoms with E-state index in [1.807, 2.05) is 41.0 Å². The molecule has 1 aliphatic rings. The summed E-state index contributed by atoms with van der Waals surface area (Å²) in [6.45, 7) is 9.05. The number of ether oxygens (including phenoxy) is 1. The molecule has 6 nitrogen and oxygen atoms in total. The van der Waals surface area contributed by atoms with Crippen LogP contribution in [0.3, 0.4) is 0 Å². The second-order valence-corrected chi connectivity index (χ2v) is 7.59. The number of carbonyl (C=O) groups excluding carboxylic acids is 1. The fourth-order valence-electron chi connectivity index (χ4n) is 3.41. The lowest BCUT2D eigenvalue weighted by Gasteiger charge is -2.37. The molecule has 0 aromatic heterocycles. The average molecular weight is 376 g/mol. The second kappa shape index (κ2) is 10.3. The number of likely N-dealkylation sites (N-methyl/N-ethyl adjacent to an activating group) is 1. The maximum atomic E-state index is 12.6. The van der Waals surface area contributed by atoms with Gasteiger partial charge in [-0.05, 0) is 43.0 Å². The number of aliphatic carboxylic acids is 1. The minimum Gasteiger partial charge on any atom is -0.493 e. The molecular formula is C21H32N2O4. The molecule has 0 aliphatic carbocycles. The molecule has 0 atom stereocenters. The van der Waals surface area contributed by atoms with Crippen LogP contribution in [-0.4, -0.2) is 65.6 Å². The van der Waals surface area contributed by atoms with E-state index in [9.17, 15) is 9.59 Å². The number of amides is 1. The van der Waals surface area contributed by atoms with Crippen LogP contribution in [-0.2, 0) is 16.0 Å². The third kappa shape index (κ3) is 6.86. The molecule has 0 unspecified atom stereocenters. The third-order valence-electron chi connectivity index (χ3n) is 4.94. The highest BCUT2D eigenvalue weighted by atomic mass is 16.5. The van der Waals surface area contributed by atoms with Gasteiger partial charge in [0.25, 0.3) is 0 Å². The number of piperidine rings is 1. The van der Waals surface area contributed by atoms with Crippen LogP contribution in [0.4, 0.5) is 0 Å². The average Bonchev–Trinajstić information content (AvgIpc) is 2.65. The third-order valence-corrected chi connectivity index (χ3v) is 4.94. The molecule has 0 spiro atoms. The Morgan fingerprint density at radius 1 is 1.22 bits per heavy atom. The van der Waals surface area contributed by atoms with Gasteiger partial charge in [-0.3, -0.25) is 14.5 Å². The van der Waals surface area contributed by atoms with Crippen molar-refractivity contribution in [3.05, 3.63) is 29.8 Å². The van der Waals surface area contributed by atoms with Crippen molar-refractivity contribution in [1.29, 1.82) is 0 Å². The maximum Gasteiger partial charge on any atom is 0.317 e. The van der Waals surface area contributed by atoms with Gasteiger partial charge in [-0.1, -0.05) is 32.9 Å². The first kappa shape index (κ1) is 21.2. The summed E-state index contributed by atoms with van der Waals surface area (Å²) in [5.74, 6) is 0.647. The van der Waals surface area contributed by atoms with E-state index < -0.39 is 5.97 Å². The molecule has 27 heavy (non-hydrogen) atoms. The lowest BCUT2D eigenvalue weighted by atomic mass is 10.0. The van der Waals surface area contributed by atoms with Crippen molar-refractivity contribution in [3.8, 4) is 5.75 Å². The zero-order valence-electron chi connectivity index (χ0n) is 16.7. The van der Waals surface area contributed by atoms with Gasteiger partial charge < -0.3 is 14.7 Å². The van der Waals surface area contributed by atoms with E-state index in [4.69, 9.17) is 9.84 Å². The van der Waals surface area contributed by atoms with Crippen LogP contribution in [0.1, 0.15) is 39.2 Å². The van der Waals surface area contributed by atoms with Crippen LogP contribution < -0.4 is 4.74 Å². The lowest BCUT2D eigenvalue weighted by molar-refractivity contribution is -0.140. The smallest absolute Gasteiger partial charge is 0.317 e. The number of benzene rings is 1. The molecule has 1 amide bonds. The van der Waals surface area contributed by atoms with Gasteiger partial charge in [-0.25, -0.2) is 0 Å². The Hall–Kier alpha value is -2.08. The standard InChI is InChI=1S/C21H32N2O4/c1-4-22(14-21(25)26)18-9-11-23(12-10-18)20(24)13-17-5-7-19(8-6-17)27-15-16(2)3/h5-8,16,18H,4,9-15H2,1-3H3,(H,25,26). The zero-order valence-corrected chi connectivity index (χ0v) is 16.7. The molecule has 1 N–H and O–H groups in total. The maximum absolute atomic E-state index is 12.6. The van der Waals surface area contributed by atoms with Gasteiger partial charge >= 0.3 is 5.97 Å². The molecule has 1 heterocycles. The first-order valence-corrected chi connectivity index (χ1v) is 9.84. The van der Waals surface area contributed by atoms with Crippen molar-refractivity contribution < 1.29 is 19.4 Å². The van der Waals surface area contributed by atoms with Crippen LogP contribution in [0.2, 0.25) is 0 Å². The lowest BCUT2D eigenvalue weighted by Crippen LogP contribution is -2.48. The van der Waals surface area contributed by atoms with Crippen molar-refractivity contribution in [2.45, 2.75) is 46.1 Å². The monoisotopic (exact) mass is 376 g/mol. The Labute approximate surface area is 162 Å². The van der Waals surface area contributed by atoms with Gasteiger partial charge in [0, 0.05) is 19.1 Å². The van der Waals surface area contributed by atoms with Crippen LogP contribution in [0.15, 0.2) is 24.3 Å². The normalized spacial score (nSPS) is 15.4. The Morgan fingerprint density at radius 3 is 2.37 bits per heavy atom. The number of hydrogen-bond donors (Lipinski definition) is 1. The number of hydrogen-bond acceptors (Lipinski definition) is 4. The SMILES string of the molecule is CCN(CC(=O)O)C1CCN(C(=O)Cc2ccc(OCC(C)C)cc2)CC1. The molecule has 1 aromatic carbocycles. The van der Waals surface area contributed by atoms with E-state index in [2.05, 4.69) is 13.8 Å². The van der Waals surface area contributed by atoms with Gasteiger partial charge in [0.2, 0.25) is 5.91 Å². The summed E-state index contributed by atoms with van der Waals surface area (Å²) >= 11 is 0. The molecule has 150 valence electrons. The van der Waals surface area contributed by atoms with E-state index in [0.29, 0.717) is 32.0 Å². The highest BCUT2D eigenvalue weighted by molar-refractivity contribution is 5.79. The van der Waals surface area contributed by atoms with E-state index in [0.717, 1.165) is 30.7 Å². The summed E-state index contributed by atoms with van der Waals surface area (Å²) in [4.78, 5) is 27.4. The number of carboxylic acid groups (broad SMARTS) is 1. The Bertz CT molecular complexity index is 607. The molecule has 0 radical (unpaired) electrons. The fourth-order valence-corrected chi connectivity index (χ4v) is 3.41. The summed E-state index contributed by atoms with van der Waals surface area (Å²) in [5.41, 5.74) is 0.986.